The Labute approximate surface area is 180 Å². The van der Waals surface area contributed by atoms with Gasteiger partial charge in [-0.3, -0.25) is 9.36 Å². The Kier molecular flexibility index (Phi) is 6.34. The van der Waals surface area contributed by atoms with E-state index in [-0.39, 0.29) is 11.4 Å². The summed E-state index contributed by atoms with van der Waals surface area (Å²) < 4.78 is 6.78. The van der Waals surface area contributed by atoms with Gasteiger partial charge in [0.25, 0.3) is 0 Å². The van der Waals surface area contributed by atoms with Crippen LogP contribution in [-0.2, 0) is 14.9 Å². The van der Waals surface area contributed by atoms with Crippen LogP contribution in [0.25, 0.3) is 17.1 Å². The fourth-order valence-electron chi connectivity index (χ4n) is 2.85. The highest BCUT2D eigenvalue weighted by atomic mass is 35.5. The summed E-state index contributed by atoms with van der Waals surface area (Å²) in [6.45, 7) is 8.33. The van der Waals surface area contributed by atoms with Gasteiger partial charge < -0.3 is 4.74 Å². The van der Waals surface area contributed by atoms with Crippen molar-refractivity contribution in [2.24, 2.45) is 0 Å². The second kappa shape index (κ2) is 8.59. The van der Waals surface area contributed by atoms with E-state index >= 15 is 0 Å². The minimum atomic E-state index is -0.411. The van der Waals surface area contributed by atoms with E-state index < -0.39 is 5.25 Å². The first-order valence-corrected chi connectivity index (χ1v) is 10.5. The molecule has 2 aromatic carbocycles. The monoisotopic (exact) mass is 429 g/mol. The largest absolute Gasteiger partial charge is 0.468 e. The van der Waals surface area contributed by atoms with Crippen LogP contribution in [0.3, 0.4) is 0 Å². The number of ether oxygens (including phenoxy) is 1. The first-order valence-electron chi connectivity index (χ1n) is 9.27. The number of hydrogen-bond acceptors (Lipinski definition) is 5. The van der Waals surface area contributed by atoms with Gasteiger partial charge in [0.05, 0.1) is 7.11 Å². The van der Waals surface area contributed by atoms with Crippen molar-refractivity contribution in [3.63, 3.8) is 0 Å². The van der Waals surface area contributed by atoms with Gasteiger partial charge in [0, 0.05) is 16.3 Å². The van der Waals surface area contributed by atoms with Crippen molar-refractivity contribution in [3.05, 3.63) is 59.1 Å². The number of carbonyl (C=O) groups is 1. The van der Waals surface area contributed by atoms with Crippen LogP contribution in [0.5, 0.6) is 0 Å². The lowest BCUT2D eigenvalue weighted by Gasteiger charge is -2.19. The van der Waals surface area contributed by atoms with Crippen molar-refractivity contribution < 1.29 is 9.53 Å². The average Bonchev–Trinajstić information content (AvgIpc) is 3.10. The summed E-state index contributed by atoms with van der Waals surface area (Å²) >= 11 is 7.37. The van der Waals surface area contributed by atoms with Gasteiger partial charge in [-0.1, -0.05) is 68.4 Å². The van der Waals surface area contributed by atoms with Gasteiger partial charge in [-0.15, -0.1) is 10.2 Å². The van der Waals surface area contributed by atoms with Crippen molar-refractivity contribution >= 4 is 29.3 Å². The molecule has 0 unspecified atom stereocenters. The smallest absolute Gasteiger partial charge is 0.318 e. The molecule has 0 bridgehead atoms. The zero-order valence-electron chi connectivity index (χ0n) is 17.1. The molecule has 7 heteroatoms. The summed E-state index contributed by atoms with van der Waals surface area (Å²) in [5, 5.41) is 9.63. The van der Waals surface area contributed by atoms with Crippen LogP contribution in [0.1, 0.15) is 33.3 Å². The van der Waals surface area contributed by atoms with Gasteiger partial charge in [0.15, 0.2) is 11.0 Å². The summed E-state index contributed by atoms with van der Waals surface area (Å²) in [5.74, 6) is 0.393. The van der Waals surface area contributed by atoms with E-state index in [1.54, 1.807) is 6.92 Å². The van der Waals surface area contributed by atoms with Crippen LogP contribution in [0, 0.1) is 0 Å². The minimum Gasteiger partial charge on any atom is -0.468 e. The second-order valence-corrected chi connectivity index (χ2v) is 9.47. The molecule has 0 aliphatic rings. The summed E-state index contributed by atoms with van der Waals surface area (Å²) in [6, 6.07) is 15.8. The molecule has 5 nitrogen and oxygen atoms in total. The maximum Gasteiger partial charge on any atom is 0.318 e. The highest BCUT2D eigenvalue weighted by Crippen LogP contribution is 2.32. The van der Waals surface area contributed by atoms with Crippen molar-refractivity contribution in [1.29, 1.82) is 0 Å². The lowest BCUT2D eigenvalue weighted by Crippen LogP contribution is -2.15. The molecule has 0 spiro atoms. The van der Waals surface area contributed by atoms with E-state index in [1.807, 2.05) is 28.8 Å². The maximum absolute atomic E-state index is 11.9. The number of carbonyl (C=O) groups excluding carboxylic acids is 1. The number of rotatable bonds is 5. The van der Waals surface area contributed by atoms with E-state index in [4.69, 9.17) is 16.3 Å². The van der Waals surface area contributed by atoms with Crippen molar-refractivity contribution in [2.75, 3.05) is 7.11 Å². The Bertz CT molecular complexity index is 992. The van der Waals surface area contributed by atoms with Crippen LogP contribution in [0.4, 0.5) is 0 Å². The Morgan fingerprint density at radius 2 is 1.69 bits per heavy atom. The van der Waals surface area contributed by atoms with Crippen molar-refractivity contribution in [3.8, 4) is 17.1 Å². The number of aromatic nitrogens is 3. The van der Waals surface area contributed by atoms with E-state index in [2.05, 4.69) is 55.2 Å². The highest BCUT2D eigenvalue weighted by molar-refractivity contribution is 8.00. The summed E-state index contributed by atoms with van der Waals surface area (Å²) in [5.41, 5.74) is 3.12. The highest BCUT2D eigenvalue weighted by Gasteiger charge is 2.22. The van der Waals surface area contributed by atoms with Crippen molar-refractivity contribution in [2.45, 2.75) is 43.5 Å². The van der Waals surface area contributed by atoms with Gasteiger partial charge in [-0.05, 0) is 42.2 Å². The third-order valence-corrected chi connectivity index (χ3v) is 5.82. The predicted octanol–water partition coefficient (Wildman–Crippen LogP) is 5.54. The van der Waals surface area contributed by atoms with Gasteiger partial charge in [-0.25, -0.2) is 0 Å². The molecule has 0 N–H and O–H groups in total. The van der Waals surface area contributed by atoms with Crippen molar-refractivity contribution in [1.82, 2.24) is 14.8 Å². The Morgan fingerprint density at radius 1 is 1.07 bits per heavy atom. The lowest BCUT2D eigenvalue weighted by atomic mass is 9.87. The zero-order valence-corrected chi connectivity index (χ0v) is 18.7. The topological polar surface area (TPSA) is 57.0 Å². The summed E-state index contributed by atoms with van der Waals surface area (Å²) in [6.07, 6.45) is 0. The number of benzene rings is 2. The predicted molar refractivity (Wildman–Crippen MR) is 118 cm³/mol. The SMILES string of the molecule is COC(=O)[C@H](C)Sc1nnc(-c2ccc(C(C)(C)C)cc2)n1-c1ccc(Cl)cc1. The summed E-state index contributed by atoms with van der Waals surface area (Å²) in [4.78, 5) is 11.9. The third-order valence-electron chi connectivity index (χ3n) is 4.54. The van der Waals surface area contributed by atoms with Crippen LogP contribution >= 0.6 is 23.4 Å². The number of halogens is 1. The number of thioether (sulfide) groups is 1. The Morgan fingerprint density at radius 3 is 2.24 bits per heavy atom. The maximum atomic E-state index is 11.9. The molecule has 3 rings (SSSR count). The van der Waals surface area contributed by atoms with Crippen LogP contribution < -0.4 is 0 Å². The normalized spacial score (nSPS) is 12.6. The zero-order chi connectivity index (χ0) is 21.2. The molecule has 0 fully saturated rings. The number of hydrogen-bond donors (Lipinski definition) is 0. The minimum absolute atomic E-state index is 0.0688. The van der Waals surface area contributed by atoms with Gasteiger partial charge in [0.2, 0.25) is 0 Å². The molecular formula is C22H24ClN3O2S. The molecule has 0 aliphatic carbocycles. The third kappa shape index (κ3) is 4.82. The Balaban J connectivity index is 2.07. The first-order chi connectivity index (χ1) is 13.7. The molecule has 1 heterocycles. The molecule has 1 aromatic heterocycles. The standard InChI is InChI=1S/C22H24ClN3O2S/c1-14(20(27)28-5)29-21-25-24-19(26(21)18-12-10-17(23)11-13-18)15-6-8-16(9-7-15)22(2,3)4/h6-14H,1-5H3/t14-/m0/s1. The molecule has 1 atom stereocenters. The van der Waals surface area contributed by atoms with Gasteiger partial charge >= 0.3 is 5.97 Å². The molecule has 3 aromatic rings. The molecular weight excluding hydrogens is 406 g/mol. The van der Waals surface area contributed by atoms with E-state index in [9.17, 15) is 4.79 Å². The fourth-order valence-corrected chi connectivity index (χ4v) is 3.87. The Hall–Kier alpha value is -2.31. The molecule has 152 valence electrons. The quantitative estimate of drug-likeness (QED) is 0.393. The van der Waals surface area contributed by atoms with Crippen LogP contribution in [0.2, 0.25) is 5.02 Å². The van der Waals surface area contributed by atoms with E-state index in [1.165, 1.54) is 24.4 Å². The van der Waals surface area contributed by atoms with Gasteiger partial charge in [0.1, 0.15) is 5.25 Å². The summed E-state index contributed by atoms with van der Waals surface area (Å²) in [7, 11) is 1.38. The lowest BCUT2D eigenvalue weighted by molar-refractivity contribution is -0.139. The fraction of sp³-hybridized carbons (Fsp3) is 0.318. The molecule has 0 radical (unpaired) electrons. The number of esters is 1. The van der Waals surface area contributed by atoms with Gasteiger partial charge in [-0.2, -0.15) is 0 Å². The van der Waals surface area contributed by atoms with E-state index in [0.717, 1.165) is 11.3 Å². The number of methoxy groups -OCH3 is 1. The molecule has 29 heavy (non-hydrogen) atoms. The average molecular weight is 430 g/mol. The molecule has 0 saturated heterocycles. The second-order valence-electron chi connectivity index (χ2n) is 7.73. The van der Waals surface area contributed by atoms with Crippen LogP contribution in [-0.4, -0.2) is 33.1 Å². The molecule has 0 saturated carbocycles. The van der Waals surface area contributed by atoms with E-state index in [0.29, 0.717) is 16.0 Å². The molecule has 0 amide bonds. The van der Waals surface area contributed by atoms with Crippen LogP contribution in [0.15, 0.2) is 53.7 Å². The number of nitrogens with zero attached hydrogens (tertiary/aromatic N) is 3. The first kappa shape index (κ1) is 21.4. The molecule has 0 aliphatic heterocycles.